The van der Waals surface area contributed by atoms with Crippen LogP contribution in [-0.2, 0) is 20.9 Å². The van der Waals surface area contributed by atoms with Crippen molar-refractivity contribution < 1.29 is 23.9 Å². The molecule has 6 nitrogen and oxygen atoms in total. The number of rotatable bonds is 7. The Bertz CT molecular complexity index is 1020. The second kappa shape index (κ2) is 10.3. The zero-order valence-corrected chi connectivity index (χ0v) is 19.9. The first-order chi connectivity index (χ1) is 14.7. The Balaban J connectivity index is 1.73. The van der Waals surface area contributed by atoms with Gasteiger partial charge in [-0.2, -0.15) is 0 Å². The first-order valence-corrected chi connectivity index (χ1v) is 11.3. The summed E-state index contributed by atoms with van der Waals surface area (Å²) in [5, 5.41) is -0.166. The molecule has 0 saturated carbocycles. The molecule has 3 rings (SSSR count). The van der Waals surface area contributed by atoms with E-state index in [1.807, 2.05) is 30.3 Å². The van der Waals surface area contributed by atoms with Crippen LogP contribution in [0.5, 0.6) is 5.75 Å². The zero-order chi connectivity index (χ0) is 22.5. The maximum absolute atomic E-state index is 12.6. The van der Waals surface area contributed by atoms with Crippen LogP contribution in [-0.4, -0.2) is 34.7 Å². The molecular weight excluding hydrogens is 506 g/mol. The minimum absolute atomic E-state index is 0.197. The maximum Gasteiger partial charge on any atom is 0.326 e. The number of benzene rings is 2. The molecule has 0 aliphatic carbocycles. The topological polar surface area (TPSA) is 72.9 Å². The fourth-order valence-corrected chi connectivity index (χ4v) is 4.57. The second-order valence-corrected chi connectivity index (χ2v) is 9.15. The van der Waals surface area contributed by atoms with Gasteiger partial charge in [0.15, 0.2) is 5.75 Å². The lowest BCUT2D eigenvalue weighted by Crippen LogP contribution is -2.35. The Morgan fingerprint density at radius 2 is 1.94 bits per heavy atom. The number of halogens is 2. The summed E-state index contributed by atoms with van der Waals surface area (Å²) in [6, 6.07) is 13.1. The molecule has 1 aliphatic rings. The van der Waals surface area contributed by atoms with E-state index in [1.165, 1.54) is 0 Å². The molecule has 1 saturated heterocycles. The molecule has 162 valence electrons. The van der Waals surface area contributed by atoms with E-state index in [1.54, 1.807) is 32.1 Å². The second-order valence-electron chi connectivity index (χ2n) is 6.89. The van der Waals surface area contributed by atoms with Crippen molar-refractivity contribution in [3.8, 4) is 5.75 Å². The number of carbonyl (C=O) groups is 3. The van der Waals surface area contributed by atoms with E-state index in [0.29, 0.717) is 27.4 Å². The van der Waals surface area contributed by atoms with Crippen molar-refractivity contribution in [1.29, 1.82) is 0 Å². The summed E-state index contributed by atoms with van der Waals surface area (Å²) in [7, 11) is 0. The third-order valence-electron chi connectivity index (χ3n) is 4.07. The molecule has 2 aromatic carbocycles. The summed E-state index contributed by atoms with van der Waals surface area (Å²) in [6.45, 7) is 3.32. The van der Waals surface area contributed by atoms with Gasteiger partial charge in [-0.1, -0.05) is 41.9 Å². The minimum Gasteiger partial charge on any atom is -0.486 e. The average Bonchev–Trinajstić information content (AvgIpc) is 2.95. The monoisotopic (exact) mass is 523 g/mol. The van der Waals surface area contributed by atoms with Gasteiger partial charge in [0.25, 0.3) is 11.1 Å². The van der Waals surface area contributed by atoms with E-state index >= 15 is 0 Å². The van der Waals surface area contributed by atoms with Crippen LogP contribution in [0.15, 0.2) is 51.8 Å². The molecule has 9 heteroatoms. The van der Waals surface area contributed by atoms with Crippen molar-refractivity contribution in [2.75, 3.05) is 6.54 Å². The number of amides is 2. The number of nitrogens with zero attached hydrogens (tertiary/aromatic N) is 1. The summed E-state index contributed by atoms with van der Waals surface area (Å²) < 4.78 is 11.4. The van der Waals surface area contributed by atoms with Gasteiger partial charge in [-0.3, -0.25) is 19.3 Å². The molecule has 1 aliphatic heterocycles. The average molecular weight is 525 g/mol. The number of ether oxygens (including phenoxy) is 2. The Morgan fingerprint density at radius 3 is 2.58 bits per heavy atom. The fourth-order valence-electron chi connectivity index (χ4n) is 2.75. The highest BCUT2D eigenvalue weighted by Gasteiger charge is 2.36. The number of thioether (sulfide) groups is 1. The molecule has 0 N–H and O–H groups in total. The zero-order valence-electron chi connectivity index (χ0n) is 16.8. The summed E-state index contributed by atoms with van der Waals surface area (Å²) in [6.07, 6.45) is 1.22. The van der Waals surface area contributed by atoms with Crippen LogP contribution in [0.1, 0.15) is 25.0 Å². The number of hydrogen-bond acceptors (Lipinski definition) is 6. The Labute approximate surface area is 197 Å². The van der Waals surface area contributed by atoms with Crippen molar-refractivity contribution in [2.45, 2.75) is 26.6 Å². The summed E-state index contributed by atoms with van der Waals surface area (Å²) in [5.74, 6) is -0.705. The molecule has 0 bridgehead atoms. The van der Waals surface area contributed by atoms with Gasteiger partial charge in [0.1, 0.15) is 13.2 Å². The highest BCUT2D eigenvalue weighted by Crippen LogP contribution is 2.38. The molecular formula is C22H19BrClNO5S. The van der Waals surface area contributed by atoms with Gasteiger partial charge in [-0.15, -0.1) is 0 Å². The lowest BCUT2D eigenvalue weighted by atomic mass is 10.2. The largest absolute Gasteiger partial charge is 0.486 e. The molecule has 1 heterocycles. The lowest BCUT2D eigenvalue weighted by molar-refractivity contribution is -0.149. The molecule has 0 unspecified atom stereocenters. The molecule has 0 aromatic heterocycles. The van der Waals surface area contributed by atoms with Gasteiger partial charge in [-0.05, 0) is 70.9 Å². The van der Waals surface area contributed by atoms with Crippen molar-refractivity contribution >= 4 is 62.5 Å². The van der Waals surface area contributed by atoms with Crippen LogP contribution in [0.3, 0.4) is 0 Å². The molecule has 0 radical (unpaired) electrons. The number of esters is 1. The lowest BCUT2D eigenvalue weighted by Gasteiger charge is -2.13. The quantitative estimate of drug-likeness (QED) is 0.343. The van der Waals surface area contributed by atoms with Crippen LogP contribution in [0.25, 0.3) is 6.08 Å². The van der Waals surface area contributed by atoms with Crippen LogP contribution in [0, 0.1) is 0 Å². The van der Waals surface area contributed by atoms with E-state index in [2.05, 4.69) is 15.9 Å². The predicted molar refractivity (Wildman–Crippen MR) is 124 cm³/mol. The minimum atomic E-state index is -0.635. The van der Waals surface area contributed by atoms with Crippen LogP contribution in [0.2, 0.25) is 5.02 Å². The van der Waals surface area contributed by atoms with Gasteiger partial charge < -0.3 is 9.47 Å². The van der Waals surface area contributed by atoms with Gasteiger partial charge in [0.05, 0.1) is 20.5 Å². The fraction of sp³-hybridized carbons (Fsp3) is 0.227. The predicted octanol–water partition coefficient (Wildman–Crippen LogP) is 5.67. The first-order valence-electron chi connectivity index (χ1n) is 9.35. The van der Waals surface area contributed by atoms with Crippen molar-refractivity contribution in [1.82, 2.24) is 4.90 Å². The van der Waals surface area contributed by atoms with E-state index in [0.717, 1.165) is 22.2 Å². The molecule has 0 atom stereocenters. The summed E-state index contributed by atoms with van der Waals surface area (Å²) >= 11 is 10.6. The third kappa shape index (κ3) is 6.12. The Hall–Kier alpha value is -2.29. The first kappa shape index (κ1) is 23.4. The van der Waals surface area contributed by atoms with E-state index in [-0.39, 0.29) is 11.0 Å². The highest BCUT2D eigenvalue weighted by atomic mass is 79.9. The molecule has 31 heavy (non-hydrogen) atoms. The van der Waals surface area contributed by atoms with Gasteiger partial charge in [-0.25, -0.2) is 0 Å². The summed E-state index contributed by atoms with van der Waals surface area (Å²) in [5.41, 5.74) is 1.61. The van der Waals surface area contributed by atoms with Crippen molar-refractivity contribution in [2.24, 2.45) is 0 Å². The Kier molecular flexibility index (Phi) is 7.80. The van der Waals surface area contributed by atoms with Gasteiger partial charge >= 0.3 is 5.97 Å². The van der Waals surface area contributed by atoms with Crippen molar-refractivity contribution in [3.05, 3.63) is 68.0 Å². The van der Waals surface area contributed by atoms with Crippen LogP contribution in [0.4, 0.5) is 4.79 Å². The van der Waals surface area contributed by atoms with Gasteiger partial charge in [0.2, 0.25) is 0 Å². The Morgan fingerprint density at radius 1 is 1.23 bits per heavy atom. The maximum atomic E-state index is 12.6. The van der Waals surface area contributed by atoms with E-state index < -0.39 is 23.7 Å². The SMILES string of the molecule is CC(C)OC(=O)CN1C(=O)S/C(=C/c2cc(Cl)c(OCc3ccccc3)c(Br)c2)C1=O. The number of imide groups is 1. The van der Waals surface area contributed by atoms with E-state index in [9.17, 15) is 14.4 Å². The molecule has 1 fully saturated rings. The number of hydrogen-bond donors (Lipinski definition) is 0. The third-order valence-corrected chi connectivity index (χ3v) is 5.85. The standard InChI is InChI=1S/C22H19BrClNO5S/c1-13(2)30-19(26)11-25-21(27)18(31-22(25)28)10-15-8-16(23)20(17(24)9-15)29-12-14-6-4-3-5-7-14/h3-10,13H,11-12H2,1-2H3/b18-10+. The highest BCUT2D eigenvalue weighted by molar-refractivity contribution is 9.10. The van der Waals surface area contributed by atoms with Crippen LogP contribution < -0.4 is 4.74 Å². The molecule has 0 spiro atoms. The normalized spacial score (nSPS) is 15.1. The molecule has 2 amide bonds. The molecule has 2 aromatic rings. The number of carbonyl (C=O) groups excluding carboxylic acids is 3. The van der Waals surface area contributed by atoms with E-state index in [4.69, 9.17) is 21.1 Å². The van der Waals surface area contributed by atoms with Gasteiger partial charge in [0, 0.05) is 0 Å². The van der Waals surface area contributed by atoms with Crippen LogP contribution >= 0.6 is 39.3 Å². The smallest absolute Gasteiger partial charge is 0.326 e. The summed E-state index contributed by atoms with van der Waals surface area (Å²) in [4.78, 5) is 37.6. The van der Waals surface area contributed by atoms with Crippen molar-refractivity contribution in [3.63, 3.8) is 0 Å².